The quantitative estimate of drug-likeness (QED) is 0.491. The average Bonchev–Trinajstić information content (AvgIpc) is 2.91. The summed E-state index contributed by atoms with van der Waals surface area (Å²) in [6, 6.07) is 14.7. The molecule has 1 amide bonds. The Labute approximate surface area is 217 Å². The summed E-state index contributed by atoms with van der Waals surface area (Å²) in [5.41, 5.74) is 1.24. The Bertz CT molecular complexity index is 1420. The molecule has 2 fully saturated rings. The molecule has 5 rings (SSSR count). The predicted octanol–water partition coefficient (Wildman–Crippen LogP) is 2.16. The van der Waals surface area contributed by atoms with Gasteiger partial charge in [0.1, 0.15) is 6.54 Å². The van der Waals surface area contributed by atoms with Crippen molar-refractivity contribution in [2.75, 3.05) is 39.3 Å². The summed E-state index contributed by atoms with van der Waals surface area (Å²) >= 11 is 0. The number of fused-ring (bicyclic) bond motifs is 1. The number of piperazine rings is 1. The maximum atomic E-state index is 13.2. The molecular formula is C27H33N5O4S. The molecule has 0 spiro atoms. The molecule has 37 heavy (non-hydrogen) atoms. The fraction of sp³-hybridized carbons (Fsp3) is 0.444. The van der Waals surface area contributed by atoms with E-state index < -0.39 is 15.6 Å². The van der Waals surface area contributed by atoms with E-state index in [2.05, 4.69) is 28.9 Å². The topological polar surface area (TPSA) is 95.8 Å². The molecule has 0 aliphatic carbocycles. The molecule has 196 valence electrons. The van der Waals surface area contributed by atoms with E-state index in [1.165, 1.54) is 32.9 Å². The van der Waals surface area contributed by atoms with Crippen LogP contribution in [0.3, 0.4) is 0 Å². The summed E-state index contributed by atoms with van der Waals surface area (Å²) in [5, 5.41) is 0.203. The number of carbonyl (C=O) groups is 1. The number of aromatic nitrogens is 2. The SMILES string of the molecule is CC1CCN(S(=O)(=O)c2ccc3ncn(CC(=O)N4CCN(Cc5ccccc5)CC4)c(=O)c3c2)CC1. The zero-order valence-electron chi connectivity index (χ0n) is 21.1. The molecular weight excluding hydrogens is 490 g/mol. The van der Waals surface area contributed by atoms with Crippen molar-refractivity contribution >= 4 is 26.8 Å². The Hall–Kier alpha value is -3.08. The Morgan fingerprint density at radius 2 is 1.68 bits per heavy atom. The second-order valence-electron chi connectivity index (χ2n) is 10.1. The number of sulfonamides is 1. The van der Waals surface area contributed by atoms with Gasteiger partial charge in [-0.2, -0.15) is 4.31 Å². The lowest BCUT2D eigenvalue weighted by atomic mass is 10.0. The molecule has 2 saturated heterocycles. The van der Waals surface area contributed by atoms with Crippen molar-refractivity contribution < 1.29 is 13.2 Å². The van der Waals surface area contributed by atoms with E-state index in [0.717, 1.165) is 32.5 Å². The third-order valence-electron chi connectivity index (χ3n) is 7.46. The predicted molar refractivity (Wildman–Crippen MR) is 141 cm³/mol. The van der Waals surface area contributed by atoms with Crippen molar-refractivity contribution in [2.45, 2.75) is 37.8 Å². The minimum atomic E-state index is -3.70. The standard InChI is InChI=1S/C27H33N5O4S/c1-21-9-11-32(12-10-21)37(35,36)23-7-8-25-24(17-23)27(34)31(20-28-25)19-26(33)30-15-13-29(14-16-30)18-22-5-3-2-4-6-22/h2-8,17,20-21H,9-16,18-19H2,1H3. The highest BCUT2D eigenvalue weighted by Crippen LogP contribution is 2.24. The van der Waals surface area contributed by atoms with Gasteiger partial charge < -0.3 is 4.90 Å². The van der Waals surface area contributed by atoms with Crippen LogP contribution in [0.15, 0.2) is 64.5 Å². The van der Waals surface area contributed by atoms with E-state index in [4.69, 9.17) is 0 Å². The summed E-state index contributed by atoms with van der Waals surface area (Å²) in [5.74, 6) is 0.359. The Morgan fingerprint density at radius 1 is 0.973 bits per heavy atom. The van der Waals surface area contributed by atoms with E-state index in [1.54, 1.807) is 11.0 Å². The van der Waals surface area contributed by atoms with Gasteiger partial charge in [0, 0.05) is 45.8 Å². The molecule has 2 aromatic carbocycles. The van der Waals surface area contributed by atoms with Crippen molar-refractivity contribution in [3.05, 3.63) is 70.8 Å². The van der Waals surface area contributed by atoms with Gasteiger partial charge in [-0.15, -0.1) is 0 Å². The van der Waals surface area contributed by atoms with Crippen molar-refractivity contribution in [1.82, 2.24) is 23.7 Å². The summed E-state index contributed by atoms with van der Waals surface area (Å²) in [4.78, 5) is 34.7. The number of hydrogen-bond donors (Lipinski definition) is 0. The molecule has 0 radical (unpaired) electrons. The normalized spacial score (nSPS) is 18.4. The molecule has 2 aliphatic rings. The second kappa shape index (κ2) is 10.7. The molecule has 3 aromatic rings. The smallest absolute Gasteiger partial charge is 0.261 e. The van der Waals surface area contributed by atoms with Crippen molar-refractivity contribution in [1.29, 1.82) is 0 Å². The number of hydrogen-bond acceptors (Lipinski definition) is 6. The molecule has 0 unspecified atom stereocenters. The van der Waals surface area contributed by atoms with Gasteiger partial charge in [0.2, 0.25) is 15.9 Å². The lowest BCUT2D eigenvalue weighted by Gasteiger charge is -2.34. The van der Waals surface area contributed by atoms with Crippen LogP contribution in [0.2, 0.25) is 0 Å². The molecule has 0 atom stereocenters. The maximum Gasteiger partial charge on any atom is 0.261 e. The second-order valence-corrected chi connectivity index (χ2v) is 12.0. The van der Waals surface area contributed by atoms with Crippen LogP contribution >= 0.6 is 0 Å². The molecule has 3 heterocycles. The number of rotatable bonds is 6. The van der Waals surface area contributed by atoms with Crippen LogP contribution in [0.1, 0.15) is 25.3 Å². The summed E-state index contributed by atoms with van der Waals surface area (Å²) in [6.07, 6.45) is 3.02. The van der Waals surface area contributed by atoms with Crippen LogP contribution in [-0.4, -0.2) is 77.2 Å². The Balaban J connectivity index is 1.27. The Kier molecular flexibility index (Phi) is 7.41. The average molecular weight is 524 g/mol. The van der Waals surface area contributed by atoms with Gasteiger partial charge in [-0.1, -0.05) is 37.3 Å². The first kappa shape index (κ1) is 25.6. The van der Waals surface area contributed by atoms with E-state index in [9.17, 15) is 18.0 Å². The van der Waals surface area contributed by atoms with E-state index in [1.807, 2.05) is 18.2 Å². The van der Waals surface area contributed by atoms with Gasteiger partial charge in [0.05, 0.1) is 22.1 Å². The highest BCUT2D eigenvalue weighted by atomic mass is 32.2. The third kappa shape index (κ3) is 5.61. The first-order valence-corrected chi connectivity index (χ1v) is 14.3. The fourth-order valence-electron chi connectivity index (χ4n) is 5.03. The number of benzene rings is 2. The van der Waals surface area contributed by atoms with Crippen molar-refractivity contribution in [3.8, 4) is 0 Å². The molecule has 1 aromatic heterocycles. The molecule has 9 nitrogen and oxygen atoms in total. The van der Waals surface area contributed by atoms with E-state index in [-0.39, 0.29) is 22.7 Å². The first-order valence-electron chi connectivity index (χ1n) is 12.8. The first-order chi connectivity index (χ1) is 17.8. The van der Waals surface area contributed by atoms with Gasteiger partial charge in [0.15, 0.2) is 0 Å². The van der Waals surface area contributed by atoms with Gasteiger partial charge in [-0.05, 0) is 42.5 Å². The summed E-state index contributed by atoms with van der Waals surface area (Å²) in [7, 11) is -3.70. The van der Waals surface area contributed by atoms with Crippen LogP contribution in [0.5, 0.6) is 0 Å². The van der Waals surface area contributed by atoms with Crippen LogP contribution < -0.4 is 5.56 Å². The van der Waals surface area contributed by atoms with E-state index in [0.29, 0.717) is 37.6 Å². The highest BCUT2D eigenvalue weighted by molar-refractivity contribution is 7.89. The molecule has 10 heteroatoms. The zero-order chi connectivity index (χ0) is 26.0. The number of amides is 1. The fourth-order valence-corrected chi connectivity index (χ4v) is 6.52. The molecule has 0 N–H and O–H groups in total. The minimum absolute atomic E-state index is 0.0899. The van der Waals surface area contributed by atoms with Crippen LogP contribution in [0.25, 0.3) is 10.9 Å². The van der Waals surface area contributed by atoms with Crippen LogP contribution in [0.4, 0.5) is 0 Å². The zero-order valence-corrected chi connectivity index (χ0v) is 21.9. The highest BCUT2D eigenvalue weighted by Gasteiger charge is 2.29. The minimum Gasteiger partial charge on any atom is -0.339 e. The van der Waals surface area contributed by atoms with Gasteiger partial charge in [0.25, 0.3) is 5.56 Å². The molecule has 2 aliphatic heterocycles. The maximum absolute atomic E-state index is 13.2. The molecule has 0 saturated carbocycles. The van der Waals surface area contributed by atoms with Crippen molar-refractivity contribution in [2.24, 2.45) is 5.92 Å². The van der Waals surface area contributed by atoms with Crippen LogP contribution in [0, 0.1) is 5.92 Å². The number of carbonyl (C=O) groups excluding carboxylic acids is 1. The lowest BCUT2D eigenvalue weighted by Crippen LogP contribution is -2.49. The van der Waals surface area contributed by atoms with Crippen molar-refractivity contribution in [3.63, 3.8) is 0 Å². The van der Waals surface area contributed by atoms with Gasteiger partial charge >= 0.3 is 0 Å². The monoisotopic (exact) mass is 523 g/mol. The van der Waals surface area contributed by atoms with Gasteiger partial charge in [-0.3, -0.25) is 19.1 Å². The number of nitrogens with zero attached hydrogens (tertiary/aromatic N) is 5. The Morgan fingerprint density at radius 3 is 2.38 bits per heavy atom. The largest absolute Gasteiger partial charge is 0.339 e. The molecule has 0 bridgehead atoms. The third-order valence-corrected chi connectivity index (χ3v) is 9.35. The van der Waals surface area contributed by atoms with E-state index >= 15 is 0 Å². The number of piperidine rings is 1. The van der Waals surface area contributed by atoms with Crippen LogP contribution in [-0.2, 0) is 27.9 Å². The summed E-state index contributed by atoms with van der Waals surface area (Å²) in [6.45, 7) is 6.53. The lowest BCUT2D eigenvalue weighted by molar-refractivity contribution is -0.133. The van der Waals surface area contributed by atoms with Gasteiger partial charge in [-0.25, -0.2) is 13.4 Å². The summed E-state index contributed by atoms with van der Waals surface area (Å²) < 4.78 is 29.2.